The van der Waals surface area contributed by atoms with Gasteiger partial charge in [0.2, 0.25) is 5.88 Å². The minimum Gasteiger partial charge on any atom is -0.450 e. The molecule has 0 aliphatic heterocycles. The minimum atomic E-state index is -4.42. The Bertz CT molecular complexity index is 622. The summed E-state index contributed by atoms with van der Waals surface area (Å²) in [6, 6.07) is 1.43. The van der Waals surface area contributed by atoms with Crippen molar-refractivity contribution in [1.29, 1.82) is 0 Å². The number of halogens is 3. The predicted molar refractivity (Wildman–Crippen MR) is 87.3 cm³/mol. The van der Waals surface area contributed by atoms with Crippen LogP contribution >= 0.6 is 0 Å². The van der Waals surface area contributed by atoms with Crippen molar-refractivity contribution >= 4 is 5.97 Å². The third-order valence-corrected chi connectivity index (χ3v) is 3.29. The van der Waals surface area contributed by atoms with Gasteiger partial charge in [0.25, 0.3) is 0 Å². The Balaban J connectivity index is 3.01. The quantitative estimate of drug-likeness (QED) is 0.267. The number of esters is 1. The number of nitrogens with zero attached hydrogens (tertiary/aromatic N) is 2. The van der Waals surface area contributed by atoms with Gasteiger partial charge in [-0.15, -0.1) is 0 Å². The van der Waals surface area contributed by atoms with Crippen LogP contribution in [0.2, 0.25) is 0 Å². The molecule has 1 aromatic rings. The smallest absolute Gasteiger partial charge is 0.389 e. The highest BCUT2D eigenvalue weighted by molar-refractivity contribution is 5.87. The van der Waals surface area contributed by atoms with Gasteiger partial charge in [-0.25, -0.2) is 9.78 Å². The number of ether oxygens (including phenoxy) is 3. The summed E-state index contributed by atoms with van der Waals surface area (Å²) in [4.78, 5) is 19.9. The molecule has 146 valence electrons. The summed E-state index contributed by atoms with van der Waals surface area (Å²) in [7, 11) is 0. The van der Waals surface area contributed by atoms with Crippen LogP contribution in [0.4, 0.5) is 13.2 Å². The molecule has 1 aromatic heterocycles. The molecule has 6 nitrogen and oxygen atoms in total. The van der Waals surface area contributed by atoms with Crippen molar-refractivity contribution in [2.45, 2.75) is 51.8 Å². The number of alkyl halides is 3. The normalized spacial score (nSPS) is 13.8. The molecule has 0 amide bonds. The van der Waals surface area contributed by atoms with E-state index < -0.39 is 30.6 Å². The van der Waals surface area contributed by atoms with Crippen molar-refractivity contribution in [2.75, 3.05) is 13.4 Å². The molecular formula is C17H23F3N2O4. The van der Waals surface area contributed by atoms with Crippen LogP contribution in [0.5, 0.6) is 5.88 Å². The summed E-state index contributed by atoms with van der Waals surface area (Å²) in [6.07, 6.45) is -3.99. The van der Waals surface area contributed by atoms with Crippen molar-refractivity contribution in [3.05, 3.63) is 30.2 Å². The fourth-order valence-corrected chi connectivity index (χ4v) is 1.86. The molecule has 0 aromatic carbocycles. The Morgan fingerprint density at radius 1 is 1.31 bits per heavy atom. The minimum absolute atomic E-state index is 0.0589. The first-order chi connectivity index (χ1) is 12.1. The van der Waals surface area contributed by atoms with Crippen LogP contribution in [0.15, 0.2) is 24.4 Å². The number of rotatable bonds is 10. The first kappa shape index (κ1) is 21.9. The van der Waals surface area contributed by atoms with E-state index in [1.54, 1.807) is 0 Å². The fraction of sp³-hybridized carbons (Fsp3) is 0.588. The molecule has 0 saturated heterocycles. The maximum atomic E-state index is 12.7. The van der Waals surface area contributed by atoms with Gasteiger partial charge in [0, 0.05) is 30.7 Å². The van der Waals surface area contributed by atoms with E-state index in [1.807, 2.05) is 6.92 Å². The van der Waals surface area contributed by atoms with Gasteiger partial charge in [-0.1, -0.05) is 13.5 Å². The lowest BCUT2D eigenvalue weighted by Crippen LogP contribution is -2.33. The molecular weight excluding hydrogens is 353 g/mol. The second-order valence-electron chi connectivity index (χ2n) is 5.90. The van der Waals surface area contributed by atoms with Crippen LogP contribution in [0.25, 0.3) is 0 Å². The lowest BCUT2D eigenvalue weighted by Gasteiger charge is -2.28. The van der Waals surface area contributed by atoms with Crippen molar-refractivity contribution in [3.63, 3.8) is 0 Å². The highest BCUT2D eigenvalue weighted by atomic mass is 19.4. The molecule has 0 aliphatic rings. The molecule has 1 rings (SSSR count). The zero-order valence-electron chi connectivity index (χ0n) is 15.1. The number of hydrogen-bond donors (Lipinski definition) is 0. The topological polar surface area (TPSA) is 70.5 Å². The van der Waals surface area contributed by atoms with Crippen molar-refractivity contribution in [1.82, 2.24) is 9.97 Å². The van der Waals surface area contributed by atoms with E-state index >= 15 is 0 Å². The molecule has 0 saturated carbocycles. The molecule has 0 bridgehead atoms. The average Bonchev–Trinajstić information content (AvgIpc) is 2.56. The number of hydrogen-bond acceptors (Lipinski definition) is 6. The monoisotopic (exact) mass is 376 g/mol. The Morgan fingerprint density at radius 3 is 2.58 bits per heavy atom. The van der Waals surface area contributed by atoms with Crippen LogP contribution in [0.3, 0.4) is 0 Å². The van der Waals surface area contributed by atoms with Crippen molar-refractivity contribution in [3.8, 4) is 5.88 Å². The highest BCUT2D eigenvalue weighted by Gasteiger charge is 2.39. The highest BCUT2D eigenvalue weighted by Crippen LogP contribution is 2.34. The largest absolute Gasteiger partial charge is 0.450 e. The van der Waals surface area contributed by atoms with E-state index in [1.165, 1.54) is 26.1 Å². The molecule has 1 atom stereocenters. The number of carbonyl (C=O) groups excluding carboxylic acids is 1. The Labute approximate surface area is 150 Å². The Morgan fingerprint density at radius 2 is 2.00 bits per heavy atom. The van der Waals surface area contributed by atoms with Gasteiger partial charge in [-0.2, -0.15) is 18.2 Å². The van der Waals surface area contributed by atoms with E-state index in [0.29, 0.717) is 6.61 Å². The third-order valence-electron chi connectivity index (χ3n) is 3.29. The van der Waals surface area contributed by atoms with E-state index in [9.17, 15) is 18.0 Å². The maximum Gasteiger partial charge on any atom is 0.389 e. The van der Waals surface area contributed by atoms with E-state index in [4.69, 9.17) is 14.2 Å². The maximum absolute atomic E-state index is 12.7. The van der Waals surface area contributed by atoms with Gasteiger partial charge in [0.05, 0.1) is 6.61 Å². The van der Waals surface area contributed by atoms with Gasteiger partial charge < -0.3 is 14.2 Å². The van der Waals surface area contributed by atoms with Crippen LogP contribution in [0, 0.1) is 0 Å². The average molecular weight is 376 g/mol. The zero-order valence-corrected chi connectivity index (χ0v) is 15.1. The molecule has 1 heterocycles. The Hall–Kier alpha value is -2.16. The number of carbonyl (C=O) groups is 1. The lowest BCUT2D eigenvalue weighted by molar-refractivity contribution is -0.168. The third kappa shape index (κ3) is 7.38. The summed E-state index contributed by atoms with van der Waals surface area (Å²) in [5, 5.41) is 0. The SMILES string of the molecule is C=C(C)C(=O)OC(C)(CCC(F)(F)F)c1nccc(OCOCCC)n1. The summed E-state index contributed by atoms with van der Waals surface area (Å²) in [5.74, 6) is -0.809. The Kier molecular flexibility index (Phi) is 8.01. The standard InChI is InChI=1S/C17H23F3N2O4/c1-5-10-24-11-25-13-6-9-21-15(22-13)16(4,7-8-17(18,19)20)26-14(23)12(2)3/h6,9H,2,5,7-8,10-11H2,1,3-4H3. The van der Waals surface area contributed by atoms with Crippen LogP contribution in [-0.4, -0.2) is 35.5 Å². The zero-order chi connectivity index (χ0) is 19.8. The molecule has 1 unspecified atom stereocenters. The summed E-state index contributed by atoms with van der Waals surface area (Å²) < 4.78 is 53.7. The predicted octanol–water partition coefficient (Wildman–Crippen LogP) is 3.92. The first-order valence-corrected chi connectivity index (χ1v) is 8.07. The van der Waals surface area contributed by atoms with Gasteiger partial charge in [-0.3, -0.25) is 0 Å². The second kappa shape index (κ2) is 9.51. The van der Waals surface area contributed by atoms with E-state index in [2.05, 4.69) is 16.5 Å². The van der Waals surface area contributed by atoms with E-state index in [0.717, 1.165) is 6.42 Å². The second-order valence-corrected chi connectivity index (χ2v) is 5.90. The number of aromatic nitrogens is 2. The molecule has 0 radical (unpaired) electrons. The molecule has 0 N–H and O–H groups in total. The summed E-state index contributed by atoms with van der Waals surface area (Å²) in [5.41, 5.74) is -1.63. The molecule has 0 fully saturated rings. The molecule has 0 spiro atoms. The van der Waals surface area contributed by atoms with Crippen LogP contribution in [0.1, 0.15) is 45.9 Å². The molecule has 0 aliphatic carbocycles. The summed E-state index contributed by atoms with van der Waals surface area (Å²) in [6.45, 7) is 8.54. The fourth-order valence-electron chi connectivity index (χ4n) is 1.86. The van der Waals surface area contributed by atoms with Gasteiger partial charge >= 0.3 is 12.1 Å². The van der Waals surface area contributed by atoms with Gasteiger partial charge in [-0.05, 0) is 20.3 Å². The lowest BCUT2D eigenvalue weighted by atomic mass is 9.98. The van der Waals surface area contributed by atoms with Gasteiger partial charge in [0.15, 0.2) is 18.2 Å². The first-order valence-electron chi connectivity index (χ1n) is 8.07. The molecule has 9 heteroatoms. The summed E-state index contributed by atoms with van der Waals surface area (Å²) >= 11 is 0. The van der Waals surface area contributed by atoms with Crippen molar-refractivity contribution in [2.24, 2.45) is 0 Å². The molecule has 26 heavy (non-hydrogen) atoms. The van der Waals surface area contributed by atoms with Gasteiger partial charge in [0.1, 0.15) is 0 Å². The van der Waals surface area contributed by atoms with Crippen LogP contribution in [-0.2, 0) is 19.9 Å². The van der Waals surface area contributed by atoms with Crippen LogP contribution < -0.4 is 4.74 Å². The van der Waals surface area contributed by atoms with Crippen molar-refractivity contribution < 1.29 is 32.2 Å². The van der Waals surface area contributed by atoms with E-state index in [-0.39, 0.29) is 24.1 Å².